The van der Waals surface area contributed by atoms with Gasteiger partial charge in [-0.2, -0.15) is 0 Å². The van der Waals surface area contributed by atoms with Gasteiger partial charge in [0.15, 0.2) is 0 Å². The molecule has 0 unspecified atom stereocenters. The van der Waals surface area contributed by atoms with Crippen molar-refractivity contribution >= 4 is 16.3 Å². The fraction of sp³-hybridized carbons (Fsp3) is 0.500. The molecular weight excluding hydrogens is 264 g/mol. The monoisotopic (exact) mass is 286 g/mol. The minimum atomic E-state index is -1.26. The first-order valence-corrected chi connectivity index (χ1v) is 8.76. The number of hydrogen-bond acceptors (Lipinski definition) is 3. The Morgan fingerprint density at radius 2 is 1.74 bits per heavy atom. The molecule has 0 bridgehead atoms. The highest BCUT2D eigenvalue weighted by Gasteiger charge is 2.29. The van der Waals surface area contributed by atoms with Gasteiger partial charge in [-0.1, -0.05) is 12.1 Å². The molecule has 0 amide bonds. The minimum Gasteiger partial charge on any atom is -0.497 e. The first-order chi connectivity index (χ1) is 8.74. The van der Waals surface area contributed by atoms with Crippen molar-refractivity contribution in [3.05, 3.63) is 29.8 Å². The van der Waals surface area contributed by atoms with Gasteiger partial charge in [0.05, 0.1) is 13.0 Å². The Morgan fingerprint density at radius 1 is 1.21 bits per heavy atom. The molecule has 0 radical (unpaired) electrons. The first kappa shape index (κ1) is 15.9. The Labute approximate surface area is 116 Å². The molecule has 0 heterocycles. The number of carboxylic acid groups (broad SMARTS) is 1. The second-order valence-electron chi connectivity index (χ2n) is 5.14. The standard InChI is InChI=1S/C14H22O4S/c1-10(14(15)16)13(18-19(3,4)5)11-6-8-12(17-2)9-7-11/h6-10,13H,1-5H3,(H,15,16)/t10-,13+/m0/s1. The van der Waals surface area contributed by atoms with E-state index < -0.39 is 28.3 Å². The predicted molar refractivity (Wildman–Crippen MR) is 79.0 cm³/mol. The summed E-state index contributed by atoms with van der Waals surface area (Å²) in [7, 11) is 0.339. The molecule has 0 aliphatic rings. The lowest BCUT2D eigenvalue weighted by atomic mass is 9.97. The van der Waals surface area contributed by atoms with Gasteiger partial charge in [0, 0.05) is 0 Å². The molecule has 5 heteroatoms. The van der Waals surface area contributed by atoms with Gasteiger partial charge in [-0.3, -0.25) is 4.79 Å². The van der Waals surface area contributed by atoms with E-state index in [1.165, 1.54) is 0 Å². The van der Waals surface area contributed by atoms with Gasteiger partial charge in [0.25, 0.3) is 0 Å². The highest BCUT2D eigenvalue weighted by Crippen LogP contribution is 2.45. The molecule has 19 heavy (non-hydrogen) atoms. The molecule has 108 valence electrons. The summed E-state index contributed by atoms with van der Waals surface area (Å²) in [6.45, 7) is 1.67. The molecule has 0 aliphatic heterocycles. The van der Waals surface area contributed by atoms with Crippen LogP contribution in [0.1, 0.15) is 18.6 Å². The molecule has 1 rings (SSSR count). The van der Waals surface area contributed by atoms with Gasteiger partial charge < -0.3 is 14.0 Å². The highest BCUT2D eigenvalue weighted by atomic mass is 32.3. The lowest BCUT2D eigenvalue weighted by molar-refractivity contribution is -0.144. The van der Waals surface area contributed by atoms with Crippen LogP contribution in [-0.4, -0.2) is 37.0 Å². The van der Waals surface area contributed by atoms with Gasteiger partial charge in [-0.25, -0.2) is 0 Å². The minimum absolute atomic E-state index is 0.446. The molecule has 0 saturated carbocycles. The Bertz CT molecular complexity index is 422. The summed E-state index contributed by atoms with van der Waals surface area (Å²) in [5.41, 5.74) is 0.859. The summed E-state index contributed by atoms with van der Waals surface area (Å²) in [5.74, 6) is -0.710. The number of rotatable bonds is 6. The third-order valence-corrected chi connectivity index (χ3v) is 3.47. The van der Waals surface area contributed by atoms with Crippen molar-refractivity contribution in [1.29, 1.82) is 0 Å². The molecule has 4 nitrogen and oxygen atoms in total. The van der Waals surface area contributed by atoms with Gasteiger partial charge >= 0.3 is 5.97 Å². The van der Waals surface area contributed by atoms with Gasteiger partial charge in [0.1, 0.15) is 11.9 Å². The molecule has 0 saturated heterocycles. The summed E-state index contributed by atoms with van der Waals surface area (Å²) >= 11 is 0. The Balaban J connectivity index is 3.03. The van der Waals surface area contributed by atoms with E-state index in [0.717, 1.165) is 11.3 Å². The Hall–Kier alpha value is -1.20. The number of hydrogen-bond donors (Lipinski definition) is 1. The van der Waals surface area contributed by atoms with E-state index in [2.05, 4.69) is 0 Å². The van der Waals surface area contributed by atoms with Crippen molar-refractivity contribution in [2.24, 2.45) is 5.92 Å². The molecule has 0 aliphatic carbocycles. The average Bonchev–Trinajstić information content (AvgIpc) is 2.34. The van der Waals surface area contributed by atoms with Crippen LogP contribution in [0.5, 0.6) is 5.75 Å². The van der Waals surface area contributed by atoms with Crippen LogP contribution in [0.15, 0.2) is 24.3 Å². The predicted octanol–water partition coefficient (Wildman–Crippen LogP) is 3.08. The zero-order chi connectivity index (χ0) is 14.6. The van der Waals surface area contributed by atoms with E-state index in [1.54, 1.807) is 14.0 Å². The van der Waals surface area contributed by atoms with E-state index in [4.69, 9.17) is 8.92 Å². The molecule has 0 aromatic heterocycles. The van der Waals surface area contributed by atoms with Crippen molar-refractivity contribution in [2.45, 2.75) is 13.0 Å². The average molecular weight is 286 g/mol. The molecule has 1 aromatic rings. The lowest BCUT2D eigenvalue weighted by Crippen LogP contribution is -2.22. The normalized spacial score (nSPS) is 15.6. The topological polar surface area (TPSA) is 55.8 Å². The van der Waals surface area contributed by atoms with Crippen molar-refractivity contribution in [3.63, 3.8) is 0 Å². The van der Waals surface area contributed by atoms with Gasteiger partial charge in [0.2, 0.25) is 0 Å². The second-order valence-corrected chi connectivity index (χ2v) is 8.78. The second kappa shape index (κ2) is 6.30. The summed E-state index contributed by atoms with van der Waals surface area (Å²) < 4.78 is 11.1. The molecule has 1 N–H and O–H groups in total. The van der Waals surface area contributed by atoms with Crippen LogP contribution >= 0.6 is 10.3 Å². The molecule has 0 fully saturated rings. The molecular formula is C14H22O4S. The summed E-state index contributed by atoms with van der Waals surface area (Å²) in [6, 6.07) is 7.35. The van der Waals surface area contributed by atoms with E-state index in [0.29, 0.717) is 0 Å². The van der Waals surface area contributed by atoms with Crippen LogP contribution in [-0.2, 0) is 8.98 Å². The van der Waals surface area contributed by atoms with Crippen molar-refractivity contribution < 1.29 is 18.8 Å². The molecule has 2 atom stereocenters. The van der Waals surface area contributed by atoms with E-state index in [-0.39, 0.29) is 0 Å². The third kappa shape index (κ3) is 4.76. The number of ether oxygens (including phenoxy) is 1. The van der Waals surface area contributed by atoms with Crippen LogP contribution < -0.4 is 4.74 Å². The van der Waals surface area contributed by atoms with Crippen molar-refractivity contribution in [2.75, 3.05) is 25.9 Å². The van der Waals surface area contributed by atoms with E-state index in [1.807, 2.05) is 43.0 Å². The quantitative estimate of drug-likeness (QED) is 0.873. The third-order valence-electron chi connectivity index (χ3n) is 2.68. The largest absolute Gasteiger partial charge is 0.497 e. The van der Waals surface area contributed by atoms with E-state index in [9.17, 15) is 9.90 Å². The highest BCUT2D eigenvalue weighted by molar-refractivity contribution is 8.28. The van der Waals surface area contributed by atoms with Gasteiger partial charge in [-0.15, -0.1) is 10.3 Å². The summed E-state index contributed by atoms with van der Waals surface area (Å²) in [4.78, 5) is 11.2. The van der Waals surface area contributed by atoms with E-state index >= 15 is 0 Å². The summed E-state index contributed by atoms with van der Waals surface area (Å²) in [5, 5.41) is 9.22. The number of carbonyl (C=O) groups is 1. The maximum absolute atomic E-state index is 11.2. The zero-order valence-electron chi connectivity index (χ0n) is 12.0. The van der Waals surface area contributed by atoms with Crippen LogP contribution in [0.25, 0.3) is 0 Å². The van der Waals surface area contributed by atoms with Crippen molar-refractivity contribution in [1.82, 2.24) is 0 Å². The van der Waals surface area contributed by atoms with Gasteiger partial charge in [-0.05, 0) is 43.4 Å². The van der Waals surface area contributed by atoms with Crippen LogP contribution in [0.2, 0.25) is 0 Å². The number of benzene rings is 1. The van der Waals surface area contributed by atoms with Crippen LogP contribution in [0.3, 0.4) is 0 Å². The zero-order valence-corrected chi connectivity index (χ0v) is 12.9. The first-order valence-electron chi connectivity index (χ1n) is 5.98. The molecule has 1 aromatic carbocycles. The smallest absolute Gasteiger partial charge is 0.309 e. The number of carboxylic acids is 1. The lowest BCUT2D eigenvalue weighted by Gasteiger charge is -2.33. The fourth-order valence-corrected chi connectivity index (χ4v) is 2.56. The fourth-order valence-electron chi connectivity index (χ4n) is 1.66. The maximum atomic E-state index is 11.2. The maximum Gasteiger partial charge on any atom is 0.309 e. The van der Waals surface area contributed by atoms with Crippen LogP contribution in [0, 0.1) is 5.92 Å². The van der Waals surface area contributed by atoms with Crippen molar-refractivity contribution in [3.8, 4) is 5.75 Å². The molecule has 0 spiro atoms. The van der Waals surface area contributed by atoms with Crippen LogP contribution in [0.4, 0.5) is 0 Å². The number of aliphatic carboxylic acids is 1. The Morgan fingerprint density at radius 3 is 2.11 bits per heavy atom. The Kier molecular flexibility index (Phi) is 5.26. The summed E-state index contributed by atoms with van der Waals surface area (Å²) in [6.07, 6.45) is 5.55. The number of methoxy groups -OCH3 is 1. The SMILES string of the molecule is COc1ccc([C@H](OS(C)(C)C)[C@H](C)C(=O)O)cc1.